The van der Waals surface area contributed by atoms with Crippen molar-refractivity contribution >= 4 is 11.6 Å². The lowest BCUT2D eigenvalue weighted by molar-refractivity contribution is 0.122. The Balaban J connectivity index is 1.54. The molecule has 0 atom stereocenters. The third kappa shape index (κ3) is 5.40. The van der Waals surface area contributed by atoms with E-state index in [0.717, 1.165) is 11.1 Å². The number of aliphatic imine (C=N–C) groups is 1. The van der Waals surface area contributed by atoms with E-state index >= 15 is 0 Å². The zero-order valence-electron chi connectivity index (χ0n) is 15.3. The molecule has 144 valence electrons. The number of halogens is 2. The molecule has 2 aromatic carbocycles. The Kier molecular flexibility index (Phi) is 6.59. The number of guanidine groups is 1. The maximum atomic E-state index is 14.5. The molecular weight excluding hydrogens is 350 g/mol. The van der Waals surface area contributed by atoms with Gasteiger partial charge in [-0.3, -0.25) is 4.99 Å². The van der Waals surface area contributed by atoms with Crippen LogP contribution in [0.5, 0.6) is 0 Å². The number of benzene rings is 2. The summed E-state index contributed by atoms with van der Waals surface area (Å²) in [6.07, 6.45) is 0. The monoisotopic (exact) mass is 374 g/mol. The second kappa shape index (κ2) is 9.32. The fourth-order valence-electron chi connectivity index (χ4n) is 2.96. The molecule has 3 rings (SSSR count). The van der Waals surface area contributed by atoms with Gasteiger partial charge < -0.3 is 20.3 Å². The number of hydrogen-bond acceptors (Lipinski definition) is 3. The van der Waals surface area contributed by atoms with Crippen LogP contribution in [0.15, 0.2) is 47.5 Å². The Labute approximate surface area is 158 Å². The molecule has 0 spiro atoms. The smallest absolute Gasteiger partial charge is 0.191 e. The molecule has 1 aliphatic heterocycles. The van der Waals surface area contributed by atoms with Gasteiger partial charge in [-0.15, -0.1) is 0 Å². The topological polar surface area (TPSA) is 48.9 Å². The van der Waals surface area contributed by atoms with E-state index in [0.29, 0.717) is 51.0 Å². The van der Waals surface area contributed by atoms with Crippen molar-refractivity contribution < 1.29 is 13.5 Å². The Morgan fingerprint density at radius 3 is 2.37 bits per heavy atom. The Morgan fingerprint density at radius 2 is 1.74 bits per heavy atom. The van der Waals surface area contributed by atoms with Crippen LogP contribution < -0.4 is 15.5 Å². The van der Waals surface area contributed by atoms with Crippen molar-refractivity contribution in [2.24, 2.45) is 4.99 Å². The summed E-state index contributed by atoms with van der Waals surface area (Å²) in [6, 6.07) is 11.6. The summed E-state index contributed by atoms with van der Waals surface area (Å²) in [5, 5.41) is 6.26. The van der Waals surface area contributed by atoms with Crippen molar-refractivity contribution in [3.8, 4) is 0 Å². The van der Waals surface area contributed by atoms with Gasteiger partial charge >= 0.3 is 0 Å². The summed E-state index contributed by atoms with van der Waals surface area (Å²) in [5.74, 6) is 0.0592. The highest BCUT2D eigenvalue weighted by molar-refractivity contribution is 5.79. The largest absolute Gasteiger partial charge is 0.378 e. The first-order chi connectivity index (χ1) is 13.2. The molecule has 7 heteroatoms. The molecule has 0 amide bonds. The summed E-state index contributed by atoms with van der Waals surface area (Å²) in [5.41, 5.74) is 2.24. The molecule has 1 aliphatic rings. The lowest BCUT2D eigenvalue weighted by Gasteiger charge is -2.29. The molecule has 0 aliphatic carbocycles. The van der Waals surface area contributed by atoms with Crippen LogP contribution in [0, 0.1) is 11.6 Å². The normalized spacial score (nSPS) is 14.9. The van der Waals surface area contributed by atoms with Crippen LogP contribution in [0.2, 0.25) is 0 Å². The van der Waals surface area contributed by atoms with Gasteiger partial charge in [-0.05, 0) is 35.4 Å². The first-order valence-electron chi connectivity index (χ1n) is 8.96. The van der Waals surface area contributed by atoms with Crippen molar-refractivity contribution in [3.05, 3.63) is 65.2 Å². The molecule has 5 nitrogen and oxygen atoms in total. The highest BCUT2D eigenvalue weighted by Crippen LogP contribution is 2.21. The van der Waals surface area contributed by atoms with Crippen molar-refractivity contribution in [1.29, 1.82) is 0 Å². The van der Waals surface area contributed by atoms with Crippen LogP contribution in [0.4, 0.5) is 14.5 Å². The first-order valence-corrected chi connectivity index (χ1v) is 8.96. The Hall–Kier alpha value is -2.67. The first kappa shape index (κ1) is 19.1. The molecule has 1 heterocycles. The van der Waals surface area contributed by atoms with Gasteiger partial charge in [0.05, 0.1) is 18.9 Å². The van der Waals surface area contributed by atoms with Gasteiger partial charge in [0.1, 0.15) is 11.6 Å². The predicted octanol–water partition coefficient (Wildman–Crippen LogP) is 2.67. The second-order valence-electron chi connectivity index (χ2n) is 6.29. The Bertz CT molecular complexity index is 791. The van der Waals surface area contributed by atoms with Crippen LogP contribution in [-0.4, -0.2) is 39.3 Å². The van der Waals surface area contributed by atoms with E-state index < -0.39 is 0 Å². The molecule has 0 aromatic heterocycles. The third-order valence-electron chi connectivity index (χ3n) is 4.40. The zero-order chi connectivity index (χ0) is 19.1. The number of rotatable bonds is 5. The van der Waals surface area contributed by atoms with Gasteiger partial charge in [0.2, 0.25) is 0 Å². The molecular formula is C20H24F2N4O. The lowest BCUT2D eigenvalue weighted by Crippen LogP contribution is -2.37. The minimum Gasteiger partial charge on any atom is -0.378 e. The van der Waals surface area contributed by atoms with Crippen LogP contribution >= 0.6 is 0 Å². The van der Waals surface area contributed by atoms with E-state index in [-0.39, 0.29) is 11.6 Å². The zero-order valence-corrected chi connectivity index (χ0v) is 15.3. The van der Waals surface area contributed by atoms with E-state index in [4.69, 9.17) is 4.74 Å². The number of hydrogen-bond donors (Lipinski definition) is 2. The van der Waals surface area contributed by atoms with Crippen LogP contribution in [-0.2, 0) is 17.8 Å². The standard InChI is InChI=1S/C20H24F2N4O/c1-23-20(24-13-15-3-2-4-17(21)11-15)25-14-16-5-6-19(18(22)12-16)26-7-9-27-10-8-26/h2-6,11-12H,7-10,13-14H2,1H3,(H2,23,24,25). The number of nitrogens with zero attached hydrogens (tertiary/aromatic N) is 2. The summed E-state index contributed by atoms with van der Waals surface area (Å²) in [4.78, 5) is 6.13. The molecule has 0 radical (unpaired) electrons. The van der Waals surface area contributed by atoms with E-state index in [1.54, 1.807) is 19.2 Å². The molecule has 0 bridgehead atoms. The van der Waals surface area contributed by atoms with Gasteiger partial charge in [-0.25, -0.2) is 8.78 Å². The number of ether oxygens (including phenoxy) is 1. The predicted molar refractivity (Wildman–Crippen MR) is 103 cm³/mol. The van der Waals surface area contributed by atoms with Crippen LogP contribution in [0.3, 0.4) is 0 Å². The molecule has 1 fully saturated rings. The minimum atomic E-state index is -0.270. The minimum absolute atomic E-state index is 0.237. The molecule has 2 aromatic rings. The molecule has 0 unspecified atom stereocenters. The SMILES string of the molecule is CN=C(NCc1cccc(F)c1)NCc1ccc(N2CCOCC2)c(F)c1. The van der Waals surface area contributed by atoms with E-state index in [1.165, 1.54) is 18.2 Å². The van der Waals surface area contributed by atoms with Crippen molar-refractivity contribution in [2.75, 3.05) is 38.3 Å². The van der Waals surface area contributed by atoms with Crippen molar-refractivity contribution in [1.82, 2.24) is 10.6 Å². The summed E-state index contributed by atoms with van der Waals surface area (Å²) < 4.78 is 33.0. The number of morpholine rings is 1. The fraction of sp³-hybridized carbons (Fsp3) is 0.350. The molecule has 2 N–H and O–H groups in total. The average molecular weight is 374 g/mol. The highest BCUT2D eigenvalue weighted by atomic mass is 19.1. The van der Waals surface area contributed by atoms with Gasteiger partial charge in [-0.2, -0.15) is 0 Å². The van der Waals surface area contributed by atoms with Gasteiger partial charge in [-0.1, -0.05) is 18.2 Å². The molecule has 1 saturated heterocycles. The van der Waals surface area contributed by atoms with Crippen LogP contribution in [0.25, 0.3) is 0 Å². The fourth-order valence-corrected chi connectivity index (χ4v) is 2.96. The number of anilines is 1. The summed E-state index contributed by atoms with van der Waals surface area (Å²) in [7, 11) is 1.66. The highest BCUT2D eigenvalue weighted by Gasteiger charge is 2.15. The quantitative estimate of drug-likeness (QED) is 0.624. The average Bonchev–Trinajstić information content (AvgIpc) is 2.69. The van der Waals surface area contributed by atoms with Gasteiger partial charge in [0, 0.05) is 33.2 Å². The third-order valence-corrected chi connectivity index (χ3v) is 4.40. The second-order valence-corrected chi connectivity index (χ2v) is 6.29. The van der Waals surface area contributed by atoms with E-state index in [2.05, 4.69) is 15.6 Å². The number of nitrogens with one attached hydrogen (secondary N) is 2. The summed E-state index contributed by atoms with van der Waals surface area (Å²) >= 11 is 0. The maximum absolute atomic E-state index is 14.5. The lowest BCUT2D eigenvalue weighted by atomic mass is 10.1. The maximum Gasteiger partial charge on any atom is 0.191 e. The molecule has 27 heavy (non-hydrogen) atoms. The van der Waals surface area contributed by atoms with E-state index in [1.807, 2.05) is 17.0 Å². The molecule has 0 saturated carbocycles. The van der Waals surface area contributed by atoms with Gasteiger partial charge in [0.15, 0.2) is 5.96 Å². The Morgan fingerprint density at radius 1 is 1.04 bits per heavy atom. The van der Waals surface area contributed by atoms with Crippen molar-refractivity contribution in [2.45, 2.75) is 13.1 Å². The summed E-state index contributed by atoms with van der Waals surface area (Å²) in [6.45, 7) is 3.52. The van der Waals surface area contributed by atoms with Crippen molar-refractivity contribution in [3.63, 3.8) is 0 Å². The van der Waals surface area contributed by atoms with Crippen LogP contribution in [0.1, 0.15) is 11.1 Å². The van der Waals surface area contributed by atoms with E-state index in [9.17, 15) is 8.78 Å². The van der Waals surface area contributed by atoms with Gasteiger partial charge in [0.25, 0.3) is 0 Å².